The fourth-order valence-corrected chi connectivity index (χ4v) is 3.03. The second-order valence-electron chi connectivity index (χ2n) is 5.26. The van der Waals surface area contributed by atoms with Crippen LogP contribution in [0.3, 0.4) is 0 Å². The number of hydrogen-bond acceptors (Lipinski definition) is 3. The molecule has 1 saturated heterocycles. The lowest BCUT2D eigenvalue weighted by molar-refractivity contribution is -0.153. The summed E-state index contributed by atoms with van der Waals surface area (Å²) in [6, 6.07) is 5.66. The molecule has 1 unspecified atom stereocenters. The maximum atomic E-state index is 12.2. The fraction of sp³-hybridized carbons (Fsp3) is 0.467. The van der Waals surface area contributed by atoms with Gasteiger partial charge in [-0.3, -0.25) is 9.59 Å². The van der Waals surface area contributed by atoms with Gasteiger partial charge in [0.15, 0.2) is 0 Å². The van der Waals surface area contributed by atoms with Gasteiger partial charge in [-0.2, -0.15) is 0 Å². The van der Waals surface area contributed by atoms with Crippen molar-refractivity contribution in [2.24, 2.45) is 0 Å². The molecule has 6 heteroatoms. The van der Waals surface area contributed by atoms with Crippen LogP contribution in [0.2, 0.25) is 0 Å². The van der Waals surface area contributed by atoms with Crippen LogP contribution in [0.15, 0.2) is 22.7 Å². The van der Waals surface area contributed by atoms with Gasteiger partial charge in [0, 0.05) is 6.54 Å². The van der Waals surface area contributed by atoms with E-state index in [2.05, 4.69) is 21.2 Å². The predicted molar refractivity (Wildman–Crippen MR) is 82.9 cm³/mol. The van der Waals surface area contributed by atoms with E-state index < -0.39 is 5.54 Å². The number of amides is 2. The maximum absolute atomic E-state index is 12.2. The summed E-state index contributed by atoms with van der Waals surface area (Å²) in [6.07, 6.45) is 0.571. The van der Waals surface area contributed by atoms with Gasteiger partial charge < -0.3 is 15.0 Å². The van der Waals surface area contributed by atoms with Crippen molar-refractivity contribution < 1.29 is 14.3 Å². The molecule has 1 aromatic carbocycles. The van der Waals surface area contributed by atoms with Crippen molar-refractivity contribution in [3.63, 3.8) is 0 Å². The highest BCUT2D eigenvalue weighted by atomic mass is 79.9. The van der Waals surface area contributed by atoms with E-state index in [1.54, 1.807) is 18.9 Å². The Bertz CT molecular complexity index is 576. The van der Waals surface area contributed by atoms with Crippen LogP contribution in [0.4, 0.5) is 0 Å². The lowest BCUT2D eigenvalue weighted by Gasteiger charge is -2.43. The van der Waals surface area contributed by atoms with Gasteiger partial charge in [-0.25, -0.2) is 0 Å². The lowest BCUT2D eigenvalue weighted by Crippen LogP contribution is -2.65. The lowest BCUT2D eigenvalue weighted by atomic mass is 9.92. The molecule has 0 radical (unpaired) electrons. The van der Waals surface area contributed by atoms with Crippen LogP contribution in [0, 0.1) is 0 Å². The summed E-state index contributed by atoms with van der Waals surface area (Å²) in [4.78, 5) is 26.0. The van der Waals surface area contributed by atoms with Crippen molar-refractivity contribution in [1.29, 1.82) is 0 Å². The number of nitrogens with one attached hydrogen (secondary N) is 1. The smallest absolute Gasteiger partial charge is 0.246 e. The van der Waals surface area contributed by atoms with Crippen LogP contribution in [0.5, 0.6) is 5.75 Å². The molecule has 5 nitrogen and oxygen atoms in total. The Morgan fingerprint density at radius 2 is 2.14 bits per heavy atom. The summed E-state index contributed by atoms with van der Waals surface area (Å²) in [6.45, 7) is 4.18. The summed E-state index contributed by atoms with van der Waals surface area (Å²) >= 11 is 3.44. The Morgan fingerprint density at radius 1 is 1.43 bits per heavy atom. The minimum atomic E-state index is -0.804. The van der Waals surface area contributed by atoms with E-state index in [0.29, 0.717) is 13.0 Å². The van der Waals surface area contributed by atoms with Crippen molar-refractivity contribution in [3.8, 4) is 5.75 Å². The van der Waals surface area contributed by atoms with Crippen molar-refractivity contribution >= 4 is 27.7 Å². The van der Waals surface area contributed by atoms with Crippen LogP contribution >= 0.6 is 15.9 Å². The van der Waals surface area contributed by atoms with Crippen LogP contribution in [-0.4, -0.2) is 35.9 Å². The monoisotopic (exact) mass is 354 g/mol. The molecule has 2 rings (SSSR count). The van der Waals surface area contributed by atoms with Gasteiger partial charge in [0.2, 0.25) is 11.8 Å². The first-order valence-corrected chi connectivity index (χ1v) is 7.63. The topological polar surface area (TPSA) is 58.6 Å². The molecule has 0 saturated carbocycles. The number of methoxy groups -OCH3 is 1. The van der Waals surface area contributed by atoms with E-state index in [-0.39, 0.29) is 18.4 Å². The summed E-state index contributed by atoms with van der Waals surface area (Å²) in [7, 11) is 1.60. The first-order chi connectivity index (χ1) is 9.92. The third kappa shape index (κ3) is 2.90. The second kappa shape index (κ2) is 6.05. The van der Waals surface area contributed by atoms with Gasteiger partial charge >= 0.3 is 0 Å². The fourth-order valence-electron chi connectivity index (χ4n) is 2.44. The second-order valence-corrected chi connectivity index (χ2v) is 6.11. The number of benzene rings is 1. The summed E-state index contributed by atoms with van der Waals surface area (Å²) in [5.74, 6) is 0.572. The first kappa shape index (κ1) is 15.8. The Hall–Kier alpha value is -1.56. The van der Waals surface area contributed by atoms with Crippen LogP contribution in [0.25, 0.3) is 0 Å². The van der Waals surface area contributed by atoms with Crippen molar-refractivity contribution in [2.45, 2.75) is 32.4 Å². The minimum Gasteiger partial charge on any atom is -0.496 e. The molecule has 21 heavy (non-hydrogen) atoms. The van der Waals surface area contributed by atoms with Gasteiger partial charge in [-0.1, -0.05) is 13.0 Å². The first-order valence-electron chi connectivity index (χ1n) is 6.83. The number of ether oxygens (including phenoxy) is 1. The van der Waals surface area contributed by atoms with Gasteiger partial charge in [0.05, 0.1) is 18.1 Å². The van der Waals surface area contributed by atoms with Gasteiger partial charge in [-0.15, -0.1) is 0 Å². The molecule has 1 fully saturated rings. The summed E-state index contributed by atoms with van der Waals surface area (Å²) < 4.78 is 6.03. The normalized spacial score (nSPS) is 22.2. The average Bonchev–Trinajstić information content (AvgIpc) is 2.48. The number of carbonyl (C=O) groups is 2. The van der Waals surface area contributed by atoms with E-state index in [0.717, 1.165) is 15.8 Å². The van der Waals surface area contributed by atoms with E-state index in [4.69, 9.17) is 4.74 Å². The summed E-state index contributed by atoms with van der Waals surface area (Å²) in [5, 5.41) is 2.66. The maximum Gasteiger partial charge on any atom is 0.246 e. The standard InChI is InChI=1S/C15H19BrN2O3/c1-4-15(2)14(20)17-8-13(19)18(15)9-10-5-6-12(21-3)11(16)7-10/h5-7H,4,8-9H2,1-3H3,(H,17,20). The molecule has 2 amide bonds. The third-order valence-electron chi connectivity index (χ3n) is 4.03. The van der Waals surface area contributed by atoms with E-state index in [1.165, 1.54) is 0 Å². The molecule has 0 spiro atoms. The van der Waals surface area contributed by atoms with Gasteiger partial charge in [0.25, 0.3) is 0 Å². The van der Waals surface area contributed by atoms with Crippen molar-refractivity contribution in [1.82, 2.24) is 10.2 Å². The van der Waals surface area contributed by atoms with E-state index in [1.807, 2.05) is 25.1 Å². The molecule has 0 bridgehead atoms. The molecular formula is C15H19BrN2O3. The number of halogens is 1. The quantitative estimate of drug-likeness (QED) is 0.900. The predicted octanol–water partition coefficient (Wildman–Crippen LogP) is 2.08. The highest BCUT2D eigenvalue weighted by Crippen LogP contribution is 2.29. The summed E-state index contributed by atoms with van der Waals surface area (Å²) in [5.41, 5.74) is 0.146. The van der Waals surface area contributed by atoms with Crippen LogP contribution in [0.1, 0.15) is 25.8 Å². The molecule has 1 heterocycles. The zero-order chi connectivity index (χ0) is 15.6. The Kier molecular flexibility index (Phi) is 4.56. The third-order valence-corrected chi connectivity index (χ3v) is 4.65. The highest BCUT2D eigenvalue weighted by molar-refractivity contribution is 9.10. The molecule has 1 aliphatic rings. The van der Waals surface area contributed by atoms with E-state index >= 15 is 0 Å². The largest absolute Gasteiger partial charge is 0.496 e. The van der Waals surface area contributed by atoms with Gasteiger partial charge in [-0.05, 0) is 47.0 Å². The van der Waals surface area contributed by atoms with Crippen LogP contribution in [-0.2, 0) is 16.1 Å². The molecule has 0 aliphatic carbocycles. The molecule has 0 aromatic heterocycles. The Morgan fingerprint density at radius 3 is 2.71 bits per heavy atom. The number of carbonyl (C=O) groups excluding carboxylic acids is 2. The average molecular weight is 355 g/mol. The highest BCUT2D eigenvalue weighted by Gasteiger charge is 2.43. The molecule has 1 atom stereocenters. The Labute approximate surface area is 132 Å². The minimum absolute atomic E-state index is 0.0613. The zero-order valence-electron chi connectivity index (χ0n) is 12.4. The van der Waals surface area contributed by atoms with Crippen molar-refractivity contribution in [2.75, 3.05) is 13.7 Å². The molecule has 1 N–H and O–H groups in total. The molecule has 1 aliphatic heterocycles. The molecular weight excluding hydrogens is 336 g/mol. The molecule has 1 aromatic rings. The Balaban J connectivity index is 2.29. The SMILES string of the molecule is CCC1(C)C(=O)NCC(=O)N1Cc1ccc(OC)c(Br)c1. The number of hydrogen-bond donors (Lipinski definition) is 1. The number of rotatable bonds is 4. The zero-order valence-corrected chi connectivity index (χ0v) is 14.0. The van der Waals surface area contributed by atoms with Crippen molar-refractivity contribution in [3.05, 3.63) is 28.2 Å². The number of piperazine rings is 1. The van der Waals surface area contributed by atoms with Gasteiger partial charge in [0.1, 0.15) is 11.3 Å². The van der Waals surface area contributed by atoms with Crippen LogP contribution < -0.4 is 10.1 Å². The molecule has 114 valence electrons. The van der Waals surface area contributed by atoms with E-state index in [9.17, 15) is 9.59 Å². The number of nitrogens with zero attached hydrogens (tertiary/aromatic N) is 1.